The summed E-state index contributed by atoms with van der Waals surface area (Å²) in [5.74, 6) is 1.69. The van der Waals surface area contributed by atoms with Crippen molar-refractivity contribution in [1.82, 2.24) is 19.5 Å². The number of benzene rings is 10. The van der Waals surface area contributed by atoms with Gasteiger partial charge in [-0.05, 0) is 64.7 Å². The molecule has 10 aromatic carbocycles. The fraction of sp³-hybridized carbons (Fsp3) is 0. The van der Waals surface area contributed by atoms with Crippen LogP contribution in [0.3, 0.4) is 0 Å². The Balaban J connectivity index is 1.04. The Labute approximate surface area is 358 Å². The predicted molar refractivity (Wildman–Crippen MR) is 258 cm³/mol. The number of hydrogen-bond acceptors (Lipinski definition) is 5. The van der Waals surface area contributed by atoms with E-state index in [2.05, 4.69) is 126 Å². The summed E-state index contributed by atoms with van der Waals surface area (Å²) < 4.78 is 15.8. The summed E-state index contributed by atoms with van der Waals surface area (Å²) in [6, 6.07) is 68.1. The first-order valence-corrected chi connectivity index (χ1v) is 21.2. The fourth-order valence-electron chi connectivity index (χ4n) is 9.88. The zero-order chi connectivity index (χ0) is 41.2. The van der Waals surface area contributed by atoms with Crippen molar-refractivity contribution in [1.29, 1.82) is 0 Å². The van der Waals surface area contributed by atoms with E-state index in [-0.39, 0.29) is 0 Å². The average Bonchev–Trinajstić information content (AvgIpc) is 4.02. The summed E-state index contributed by atoms with van der Waals surface area (Å²) >= 11 is 0. The van der Waals surface area contributed by atoms with Crippen LogP contribution in [0.5, 0.6) is 0 Å². The van der Waals surface area contributed by atoms with Gasteiger partial charge in [0.05, 0.1) is 22.3 Å². The third-order valence-electron chi connectivity index (χ3n) is 12.8. The van der Waals surface area contributed by atoms with Crippen LogP contribution in [-0.2, 0) is 0 Å². The Hall–Kier alpha value is -8.61. The lowest BCUT2D eigenvalue weighted by Crippen LogP contribution is -2.00. The molecule has 14 rings (SSSR count). The zero-order valence-electron chi connectivity index (χ0n) is 33.6. The monoisotopic (exact) mass is 804 g/mol. The molecule has 0 N–H and O–H groups in total. The van der Waals surface area contributed by atoms with E-state index < -0.39 is 0 Å². The topological polar surface area (TPSA) is 69.9 Å². The van der Waals surface area contributed by atoms with Gasteiger partial charge in [0.2, 0.25) is 0 Å². The first-order valence-electron chi connectivity index (χ1n) is 21.2. The van der Waals surface area contributed by atoms with Crippen molar-refractivity contribution in [2.24, 2.45) is 0 Å². The van der Waals surface area contributed by atoms with E-state index in [0.29, 0.717) is 17.5 Å². The van der Waals surface area contributed by atoms with Gasteiger partial charge in [-0.1, -0.05) is 146 Å². The van der Waals surface area contributed by atoms with E-state index in [1.807, 2.05) is 72.8 Å². The molecule has 0 spiro atoms. The van der Waals surface area contributed by atoms with Crippen molar-refractivity contribution in [2.45, 2.75) is 0 Å². The molecule has 63 heavy (non-hydrogen) atoms. The third kappa shape index (κ3) is 5.03. The molecule has 4 heterocycles. The number of rotatable bonds is 4. The molecule has 6 nitrogen and oxygen atoms in total. The van der Waals surface area contributed by atoms with E-state index in [9.17, 15) is 0 Å². The normalized spacial score (nSPS) is 12.1. The van der Waals surface area contributed by atoms with Crippen LogP contribution in [0.1, 0.15) is 0 Å². The van der Waals surface area contributed by atoms with Gasteiger partial charge in [0.25, 0.3) is 0 Å². The molecule has 0 aliphatic heterocycles. The minimum absolute atomic E-state index is 0.542. The Morgan fingerprint density at radius 3 is 1.83 bits per heavy atom. The number of para-hydroxylation sites is 2. The highest BCUT2D eigenvalue weighted by molar-refractivity contribution is 6.23. The smallest absolute Gasteiger partial charge is 0.167 e. The Bertz CT molecular complexity index is 4220. The predicted octanol–water partition coefficient (Wildman–Crippen LogP) is 15.2. The van der Waals surface area contributed by atoms with E-state index >= 15 is 0 Å². The number of nitrogens with zero attached hydrogens (tertiary/aromatic N) is 4. The van der Waals surface area contributed by atoms with Gasteiger partial charge in [-0.25, -0.2) is 15.0 Å². The quantitative estimate of drug-likeness (QED) is 0.177. The molecular weight excluding hydrogens is 773 g/mol. The lowest BCUT2D eigenvalue weighted by Gasteiger charge is -2.14. The summed E-state index contributed by atoms with van der Waals surface area (Å²) in [7, 11) is 0. The number of aromatic nitrogens is 4. The molecule has 0 aliphatic rings. The second kappa shape index (κ2) is 12.9. The average molecular weight is 805 g/mol. The van der Waals surface area contributed by atoms with Crippen molar-refractivity contribution >= 4 is 98.0 Å². The van der Waals surface area contributed by atoms with Crippen LogP contribution in [0.2, 0.25) is 0 Å². The molecule has 4 aromatic heterocycles. The molecule has 0 atom stereocenters. The molecule has 0 aliphatic carbocycles. The van der Waals surface area contributed by atoms with E-state index in [1.54, 1.807) is 0 Å². The number of fused-ring (bicyclic) bond motifs is 14. The maximum Gasteiger partial charge on any atom is 0.167 e. The molecule has 14 aromatic rings. The van der Waals surface area contributed by atoms with Gasteiger partial charge in [-0.15, -0.1) is 0 Å². The first-order chi connectivity index (χ1) is 31.2. The fourth-order valence-corrected chi connectivity index (χ4v) is 9.88. The lowest BCUT2D eigenvalue weighted by atomic mass is 10.0. The molecule has 0 amide bonds. The number of hydrogen-bond donors (Lipinski definition) is 0. The summed E-state index contributed by atoms with van der Waals surface area (Å²) in [6.07, 6.45) is 0. The Morgan fingerprint density at radius 2 is 0.968 bits per heavy atom. The van der Waals surface area contributed by atoms with Gasteiger partial charge >= 0.3 is 0 Å². The van der Waals surface area contributed by atoms with Crippen molar-refractivity contribution in [3.05, 3.63) is 194 Å². The minimum atomic E-state index is 0.542. The van der Waals surface area contributed by atoms with Crippen molar-refractivity contribution < 1.29 is 8.83 Å². The molecule has 292 valence electrons. The number of furan rings is 2. The van der Waals surface area contributed by atoms with Crippen molar-refractivity contribution in [3.63, 3.8) is 0 Å². The Morgan fingerprint density at radius 1 is 0.333 bits per heavy atom. The molecule has 0 saturated heterocycles. The lowest BCUT2D eigenvalue weighted by molar-refractivity contribution is 0.669. The van der Waals surface area contributed by atoms with Crippen LogP contribution in [0.15, 0.2) is 203 Å². The SMILES string of the molecule is c1ccc(-c2nc(-c3ccc4oc5c6ccccc6c(-n6c7cc8ccccc8cc7c7ccc8ccccc8c76)cc5c4c3)nc(-c3cccc4c3oc3ccccc34)n2)cc1. The molecule has 0 radical (unpaired) electrons. The van der Waals surface area contributed by atoms with Crippen LogP contribution in [-0.4, -0.2) is 19.5 Å². The summed E-state index contributed by atoms with van der Waals surface area (Å²) in [6.45, 7) is 0. The van der Waals surface area contributed by atoms with Gasteiger partial charge in [0.1, 0.15) is 22.3 Å². The van der Waals surface area contributed by atoms with Gasteiger partial charge in [-0.2, -0.15) is 0 Å². The largest absolute Gasteiger partial charge is 0.455 e. The highest BCUT2D eigenvalue weighted by atomic mass is 16.3. The van der Waals surface area contributed by atoms with Crippen molar-refractivity contribution in [2.75, 3.05) is 0 Å². The molecule has 0 fully saturated rings. The van der Waals surface area contributed by atoms with Gasteiger partial charge in [0, 0.05) is 59.6 Å². The van der Waals surface area contributed by atoms with Gasteiger partial charge < -0.3 is 13.4 Å². The molecule has 0 bridgehead atoms. The standard InChI is InChI=1S/C57H32N4O2/c1-2-14-34(15-3-1)55-58-56(60-57(59-55)44-23-12-22-43-40-20-10-11-24-50(40)62-53(43)44)37-26-28-51-46(30-37)47-32-49(39-19-8-9-21-42(39)54(47)63-51)61-48-31-36-17-5-4-16-35(36)29-45(48)41-27-25-33-13-6-7-18-38(33)52(41)61/h1-32H. The second-order valence-corrected chi connectivity index (χ2v) is 16.3. The summed E-state index contributed by atoms with van der Waals surface area (Å²) in [5.41, 5.74) is 9.19. The highest BCUT2D eigenvalue weighted by Crippen LogP contribution is 2.44. The van der Waals surface area contributed by atoms with Crippen LogP contribution in [0, 0.1) is 0 Å². The van der Waals surface area contributed by atoms with Crippen LogP contribution < -0.4 is 0 Å². The van der Waals surface area contributed by atoms with E-state index in [1.165, 1.54) is 37.8 Å². The van der Waals surface area contributed by atoms with E-state index in [0.717, 1.165) is 82.5 Å². The molecule has 0 unspecified atom stereocenters. The maximum absolute atomic E-state index is 6.82. The minimum Gasteiger partial charge on any atom is -0.455 e. The second-order valence-electron chi connectivity index (χ2n) is 16.3. The Kier molecular flexibility index (Phi) is 7.02. The molecule has 0 saturated carbocycles. The zero-order valence-corrected chi connectivity index (χ0v) is 33.6. The van der Waals surface area contributed by atoms with Crippen LogP contribution >= 0.6 is 0 Å². The van der Waals surface area contributed by atoms with Crippen LogP contribution in [0.25, 0.3) is 138 Å². The summed E-state index contributed by atoms with van der Waals surface area (Å²) in [5, 5.41) is 13.5. The first kappa shape index (κ1) is 34.1. The maximum atomic E-state index is 6.82. The van der Waals surface area contributed by atoms with Crippen molar-refractivity contribution in [3.8, 4) is 39.9 Å². The molecular formula is C57H32N4O2. The van der Waals surface area contributed by atoms with Crippen LogP contribution in [0.4, 0.5) is 0 Å². The third-order valence-corrected chi connectivity index (χ3v) is 12.8. The van der Waals surface area contributed by atoms with Gasteiger partial charge in [0.15, 0.2) is 17.5 Å². The van der Waals surface area contributed by atoms with Gasteiger partial charge in [-0.3, -0.25) is 0 Å². The molecule has 6 heteroatoms. The summed E-state index contributed by atoms with van der Waals surface area (Å²) in [4.78, 5) is 15.4. The van der Waals surface area contributed by atoms with E-state index in [4.69, 9.17) is 23.8 Å². The highest BCUT2D eigenvalue weighted by Gasteiger charge is 2.22.